The van der Waals surface area contributed by atoms with Crippen LogP contribution in [0.2, 0.25) is 0 Å². The fourth-order valence-corrected chi connectivity index (χ4v) is 6.11. The molecule has 2 spiro atoms. The highest BCUT2D eigenvalue weighted by Gasteiger charge is 2.75. The van der Waals surface area contributed by atoms with E-state index in [4.69, 9.17) is 0 Å². The van der Waals surface area contributed by atoms with Gasteiger partial charge in [0.1, 0.15) is 0 Å². The maximum absolute atomic E-state index is 11.7. The van der Waals surface area contributed by atoms with Gasteiger partial charge in [0.25, 0.3) is 0 Å². The highest BCUT2D eigenvalue weighted by atomic mass is 35.5. The summed E-state index contributed by atoms with van der Waals surface area (Å²) >= 11 is 0. The molecule has 4 heterocycles. The van der Waals surface area contributed by atoms with Crippen LogP contribution in [-0.2, 0) is 5.60 Å². The van der Waals surface area contributed by atoms with E-state index < -0.39 is 5.60 Å². The smallest absolute Gasteiger partial charge is 0.206 e. The molecule has 5 rings (SSSR count). The number of hydrogen-bond donors (Lipinski definition) is 2. The van der Waals surface area contributed by atoms with Gasteiger partial charge in [-0.2, -0.15) is 0 Å². The van der Waals surface area contributed by atoms with Crippen LogP contribution in [0.5, 0.6) is 0 Å². The molecule has 0 saturated carbocycles. The van der Waals surface area contributed by atoms with Gasteiger partial charge in [-0.05, 0) is 25.0 Å². The van der Waals surface area contributed by atoms with Crippen LogP contribution in [-0.4, -0.2) is 34.9 Å². The lowest BCUT2D eigenvalue weighted by atomic mass is 9.68. The van der Waals surface area contributed by atoms with Gasteiger partial charge in [0.15, 0.2) is 5.60 Å². The van der Waals surface area contributed by atoms with Crippen LogP contribution in [0, 0.1) is 5.41 Å². The average molecular weight is 333 g/mol. The lowest BCUT2D eigenvalue weighted by Gasteiger charge is -2.59. The number of aliphatic hydroxyl groups is 1. The molecule has 1 aromatic carbocycles. The van der Waals surface area contributed by atoms with Gasteiger partial charge >= 0.3 is 0 Å². The number of rotatable bonds is 1. The highest BCUT2D eigenvalue weighted by Crippen LogP contribution is 2.63. The van der Waals surface area contributed by atoms with Crippen LogP contribution in [0.25, 0.3) is 0 Å². The lowest BCUT2D eigenvalue weighted by Crippen LogP contribution is -3.00. The molecule has 2 N–H and O–H groups in total. The summed E-state index contributed by atoms with van der Waals surface area (Å²) < 4.78 is 1.03. The maximum Gasteiger partial charge on any atom is 0.206 e. The van der Waals surface area contributed by atoms with Gasteiger partial charge in [-0.3, -0.25) is 4.48 Å². The molecule has 3 nitrogen and oxygen atoms in total. The normalized spacial score (nSPS) is 45.5. The summed E-state index contributed by atoms with van der Waals surface area (Å²) in [6.45, 7) is 5.65. The molecule has 0 aliphatic carbocycles. The van der Waals surface area contributed by atoms with Crippen LogP contribution < -0.4 is 17.7 Å². The number of hydrogen-bond acceptors (Lipinski definition) is 2. The number of piperidine rings is 1. The van der Waals surface area contributed by atoms with Gasteiger partial charge in [0.05, 0.1) is 19.6 Å². The number of nitrogens with one attached hydrogen (secondary N) is 1. The number of anilines is 1. The van der Waals surface area contributed by atoms with Crippen molar-refractivity contribution in [3.8, 4) is 0 Å². The molecule has 4 heteroatoms. The van der Waals surface area contributed by atoms with E-state index in [0.29, 0.717) is 5.41 Å². The number of nitrogens with zero attached hydrogens (tertiary/aromatic N) is 1. The summed E-state index contributed by atoms with van der Waals surface area (Å²) in [5.41, 5.74) is 1.73. The SMILES string of the molecule is CC[C@@]12C=CC[N+]3(CC[C@]4(O)c5ccccc5N[C@@]43CC1)C2.[Cl-]. The first-order valence-corrected chi connectivity index (χ1v) is 8.73. The fraction of sp³-hybridized carbons (Fsp3) is 0.579. The lowest BCUT2D eigenvalue weighted by molar-refractivity contribution is -0.972. The third-order valence-electron chi connectivity index (χ3n) is 7.34. The van der Waals surface area contributed by atoms with Crippen LogP contribution in [0.1, 0.15) is 38.2 Å². The number of fused-ring (bicyclic) bond motifs is 3. The predicted octanol–water partition coefficient (Wildman–Crippen LogP) is -0.0195. The van der Waals surface area contributed by atoms with Crippen molar-refractivity contribution in [1.82, 2.24) is 0 Å². The van der Waals surface area contributed by atoms with E-state index in [2.05, 4.69) is 48.7 Å². The second kappa shape index (κ2) is 4.53. The molecular formula is C19H25ClN2O. The monoisotopic (exact) mass is 332 g/mol. The summed E-state index contributed by atoms with van der Waals surface area (Å²) in [7, 11) is 0. The molecule has 2 fully saturated rings. The van der Waals surface area contributed by atoms with Crippen molar-refractivity contribution in [1.29, 1.82) is 0 Å². The predicted molar refractivity (Wildman–Crippen MR) is 87.3 cm³/mol. The van der Waals surface area contributed by atoms with Crippen molar-refractivity contribution in [2.75, 3.05) is 25.0 Å². The molecule has 2 bridgehead atoms. The van der Waals surface area contributed by atoms with Crippen LogP contribution in [0.3, 0.4) is 0 Å². The summed E-state index contributed by atoms with van der Waals surface area (Å²) in [5, 5.41) is 15.6. The molecule has 0 radical (unpaired) electrons. The number of quaternary nitrogens is 1. The zero-order valence-corrected chi connectivity index (χ0v) is 14.4. The Morgan fingerprint density at radius 1 is 1.22 bits per heavy atom. The van der Waals surface area contributed by atoms with E-state index >= 15 is 0 Å². The molecule has 124 valence electrons. The zero-order valence-electron chi connectivity index (χ0n) is 13.7. The molecular weight excluding hydrogens is 308 g/mol. The zero-order chi connectivity index (χ0) is 15.1. The Morgan fingerprint density at radius 2 is 2.04 bits per heavy atom. The Hall–Kier alpha value is -1.03. The van der Waals surface area contributed by atoms with Crippen molar-refractivity contribution in [2.24, 2.45) is 5.41 Å². The van der Waals surface area contributed by atoms with Crippen molar-refractivity contribution >= 4 is 5.69 Å². The quantitative estimate of drug-likeness (QED) is 0.560. The van der Waals surface area contributed by atoms with Gasteiger partial charge in [0, 0.05) is 29.5 Å². The molecule has 0 aromatic heterocycles. The van der Waals surface area contributed by atoms with E-state index in [0.717, 1.165) is 41.7 Å². The highest BCUT2D eigenvalue weighted by molar-refractivity contribution is 5.63. The third-order valence-corrected chi connectivity index (χ3v) is 7.34. The van der Waals surface area contributed by atoms with Gasteiger partial charge in [-0.1, -0.05) is 31.2 Å². The molecule has 4 aliphatic heterocycles. The summed E-state index contributed by atoms with van der Waals surface area (Å²) in [6, 6.07) is 8.40. The first kappa shape index (κ1) is 15.5. The minimum absolute atomic E-state index is 0. The largest absolute Gasteiger partial charge is 1.00 e. The third kappa shape index (κ3) is 1.54. The van der Waals surface area contributed by atoms with E-state index in [1.165, 1.54) is 19.4 Å². The summed E-state index contributed by atoms with van der Waals surface area (Å²) in [4.78, 5) is 0. The Morgan fingerprint density at radius 3 is 2.87 bits per heavy atom. The number of halogens is 1. The molecule has 4 aliphatic rings. The van der Waals surface area contributed by atoms with Crippen molar-refractivity contribution in [2.45, 2.75) is 43.9 Å². The first-order valence-electron chi connectivity index (χ1n) is 8.73. The van der Waals surface area contributed by atoms with Crippen LogP contribution >= 0.6 is 0 Å². The maximum atomic E-state index is 11.7. The Kier molecular flexibility index (Phi) is 3.05. The van der Waals surface area contributed by atoms with Crippen LogP contribution in [0.15, 0.2) is 36.4 Å². The summed E-state index contributed by atoms with van der Waals surface area (Å²) in [6.07, 6.45) is 9.21. The van der Waals surface area contributed by atoms with E-state index in [-0.39, 0.29) is 18.1 Å². The molecule has 0 amide bonds. The first-order chi connectivity index (χ1) is 10.6. The molecule has 23 heavy (non-hydrogen) atoms. The topological polar surface area (TPSA) is 32.3 Å². The van der Waals surface area contributed by atoms with E-state index in [9.17, 15) is 5.11 Å². The fourth-order valence-electron chi connectivity index (χ4n) is 6.11. The van der Waals surface area contributed by atoms with Crippen molar-refractivity contribution < 1.29 is 22.0 Å². The van der Waals surface area contributed by atoms with Crippen LogP contribution in [0.4, 0.5) is 5.69 Å². The standard InChI is InChI=1S/C19H25N2O.ClH/c1-2-17-8-5-12-21(14-17)13-11-18(22)15-6-3-4-7-16(15)20-19(18,21)10-9-17;/h3-8,20,22H,2,9-14H2,1H3;1H/q+1;/p-1/t17-,18+,19-,21?;/m1./s1. The second-order valence-electron chi connectivity index (χ2n) is 7.97. The molecule has 4 atom stereocenters. The Labute approximate surface area is 144 Å². The molecule has 1 aromatic rings. The molecule has 2 saturated heterocycles. The van der Waals surface area contributed by atoms with E-state index in [1.807, 2.05) is 0 Å². The Bertz CT molecular complexity index is 692. The second-order valence-corrected chi connectivity index (χ2v) is 7.97. The van der Waals surface area contributed by atoms with Gasteiger partial charge in [-0.25, -0.2) is 0 Å². The van der Waals surface area contributed by atoms with Crippen molar-refractivity contribution in [3.63, 3.8) is 0 Å². The van der Waals surface area contributed by atoms with Gasteiger partial charge in [-0.15, -0.1) is 0 Å². The number of para-hydroxylation sites is 1. The van der Waals surface area contributed by atoms with E-state index in [1.54, 1.807) is 0 Å². The number of benzene rings is 1. The molecule has 1 unspecified atom stereocenters. The van der Waals surface area contributed by atoms with Gasteiger partial charge in [0.2, 0.25) is 5.66 Å². The Balaban J connectivity index is 0.00000135. The van der Waals surface area contributed by atoms with Gasteiger partial charge < -0.3 is 22.8 Å². The minimum atomic E-state index is -0.700. The average Bonchev–Trinajstić information content (AvgIpc) is 2.94. The minimum Gasteiger partial charge on any atom is -1.00 e. The summed E-state index contributed by atoms with van der Waals surface area (Å²) in [5.74, 6) is 0. The van der Waals surface area contributed by atoms with Crippen molar-refractivity contribution in [3.05, 3.63) is 42.0 Å².